The molecule has 0 N–H and O–H groups in total. The first-order valence-corrected chi connectivity index (χ1v) is 10.6. The van der Waals surface area contributed by atoms with Crippen LogP contribution >= 0.6 is 0 Å². The second kappa shape index (κ2) is 10.4. The number of rotatable bonds is 8. The number of ether oxygens (including phenoxy) is 1. The van der Waals surface area contributed by atoms with E-state index in [1.54, 1.807) is 14.0 Å². The van der Waals surface area contributed by atoms with Crippen LogP contribution in [0.25, 0.3) is 5.57 Å². The van der Waals surface area contributed by atoms with Crippen molar-refractivity contribution >= 4 is 17.5 Å². The maximum atomic E-state index is 14.2. The third kappa shape index (κ3) is 4.86. The van der Waals surface area contributed by atoms with Crippen molar-refractivity contribution < 1.29 is 28.4 Å². The molecule has 0 fully saturated rings. The number of nitrogens with zero attached hydrogens (tertiary/aromatic N) is 1. The topological polar surface area (TPSA) is 14.2 Å². The van der Waals surface area contributed by atoms with E-state index in [0.29, 0.717) is 29.1 Å². The summed E-state index contributed by atoms with van der Waals surface area (Å²) in [5.41, 5.74) is 6.27. The molecular formula is C24H29BF2NNiO-. The van der Waals surface area contributed by atoms with Crippen molar-refractivity contribution in [3.63, 3.8) is 0 Å². The molecule has 0 aliphatic rings. The molecule has 2 aromatic rings. The van der Waals surface area contributed by atoms with Crippen LogP contribution in [0.3, 0.4) is 0 Å². The number of hydrogen-bond acceptors (Lipinski definition) is 1. The average molecular weight is 455 g/mol. The second-order valence-corrected chi connectivity index (χ2v) is 7.95. The van der Waals surface area contributed by atoms with Gasteiger partial charge in [-0.3, -0.25) is 0 Å². The fraction of sp³-hybridized carbons (Fsp3) is 0.375. The summed E-state index contributed by atoms with van der Waals surface area (Å²) in [5.74, 6) is 0.711. The number of aromatic nitrogens is 1. The monoisotopic (exact) mass is 454 g/mol. The van der Waals surface area contributed by atoms with E-state index >= 15 is 0 Å². The summed E-state index contributed by atoms with van der Waals surface area (Å²) in [5, 5.41) is 0. The molecule has 1 aromatic heterocycles. The van der Waals surface area contributed by atoms with Gasteiger partial charge in [-0.05, 0) is 0 Å². The van der Waals surface area contributed by atoms with Crippen molar-refractivity contribution in [2.45, 2.75) is 54.4 Å². The molecule has 2 rings (SSSR count). The number of allylic oxidation sites excluding steroid dienone is 3. The van der Waals surface area contributed by atoms with Crippen LogP contribution in [0.5, 0.6) is 5.75 Å². The zero-order valence-electron chi connectivity index (χ0n) is 18.7. The molecule has 0 amide bonds. The van der Waals surface area contributed by atoms with Gasteiger partial charge in [-0.1, -0.05) is 0 Å². The molecule has 0 unspecified atom stereocenters. The molecule has 0 bridgehead atoms. The van der Waals surface area contributed by atoms with Gasteiger partial charge in [0.15, 0.2) is 0 Å². The molecule has 0 radical (unpaired) electrons. The van der Waals surface area contributed by atoms with Crippen molar-refractivity contribution in [3.05, 3.63) is 69.6 Å². The van der Waals surface area contributed by atoms with Gasteiger partial charge < -0.3 is 0 Å². The average Bonchev–Trinajstić information content (AvgIpc) is 2.96. The van der Waals surface area contributed by atoms with Crippen LogP contribution in [0.15, 0.2) is 35.4 Å². The zero-order chi connectivity index (χ0) is 22.6. The molecule has 0 spiro atoms. The first kappa shape index (κ1) is 24.3. The van der Waals surface area contributed by atoms with Crippen molar-refractivity contribution in [3.8, 4) is 5.75 Å². The summed E-state index contributed by atoms with van der Waals surface area (Å²) < 4.78 is 35.6. The molecule has 30 heavy (non-hydrogen) atoms. The molecule has 0 saturated carbocycles. The quantitative estimate of drug-likeness (QED) is 0.265. The Hall–Kier alpha value is -1.93. The van der Waals surface area contributed by atoms with E-state index in [-0.39, 0.29) is 0 Å². The Labute approximate surface area is 187 Å². The van der Waals surface area contributed by atoms with E-state index in [0.717, 1.165) is 43.2 Å². The van der Waals surface area contributed by atoms with Gasteiger partial charge in [0.05, 0.1) is 0 Å². The molecule has 1 aromatic carbocycles. The molecule has 1 heterocycles. The SMILES string of the molecule is CC/C([C](C)=[Ni])=C(\C)[C-]=C(c1ccc(OC)cc1)c1c(C)c(CC)c(C)n1B(F)F. The fourth-order valence-electron chi connectivity index (χ4n) is 4.01. The Kier molecular flexibility index (Phi) is 8.43. The van der Waals surface area contributed by atoms with E-state index < -0.39 is 7.40 Å². The fourth-order valence-corrected chi connectivity index (χ4v) is 4.37. The Bertz CT molecular complexity index is 988. The standard InChI is InChI=1S/C24H29BF2NO.Ni/c1-8-19(9-2)16(4)15-23(20-11-13-21(29-7)14-12-20)24-17(5)22(10-3)18(6)28(24)25(26)27;/h11-14H,8,10H2,1-7H3;/q-1;/b19-16-;. The Morgan fingerprint density at radius 1 is 1.13 bits per heavy atom. The number of hydrogen-bond donors (Lipinski definition) is 0. The molecule has 0 aliphatic heterocycles. The van der Waals surface area contributed by atoms with Crippen molar-refractivity contribution in [1.29, 1.82) is 0 Å². The summed E-state index contributed by atoms with van der Waals surface area (Å²) >= 11 is 5.07. The van der Waals surface area contributed by atoms with Crippen molar-refractivity contribution in [2.75, 3.05) is 7.11 Å². The summed E-state index contributed by atoms with van der Waals surface area (Å²) in [4.78, 5) is 0. The van der Waals surface area contributed by atoms with Crippen LogP contribution < -0.4 is 4.74 Å². The summed E-state index contributed by atoms with van der Waals surface area (Å²) in [7, 11) is -1.04. The first-order chi connectivity index (χ1) is 14.2. The number of methoxy groups -OCH3 is 1. The van der Waals surface area contributed by atoms with E-state index in [2.05, 4.69) is 6.08 Å². The second-order valence-electron chi connectivity index (χ2n) is 7.21. The maximum absolute atomic E-state index is 14.2. The Balaban J connectivity index is 2.91. The van der Waals surface area contributed by atoms with Crippen LogP contribution in [0.1, 0.15) is 62.2 Å². The van der Waals surface area contributed by atoms with Gasteiger partial charge >= 0.3 is 187 Å². The van der Waals surface area contributed by atoms with E-state index in [4.69, 9.17) is 19.8 Å². The van der Waals surface area contributed by atoms with Gasteiger partial charge in [-0.25, -0.2) is 0 Å². The third-order valence-electron chi connectivity index (χ3n) is 5.53. The molecule has 2 nitrogen and oxygen atoms in total. The predicted molar refractivity (Wildman–Crippen MR) is 119 cm³/mol. The summed E-state index contributed by atoms with van der Waals surface area (Å²) in [6, 6.07) is 7.44. The van der Waals surface area contributed by atoms with Crippen LogP contribution in [-0.2, 0) is 21.5 Å². The molecule has 0 aliphatic carbocycles. The zero-order valence-corrected chi connectivity index (χ0v) is 19.7. The van der Waals surface area contributed by atoms with Gasteiger partial charge in [0, 0.05) is 0 Å². The third-order valence-corrected chi connectivity index (χ3v) is 5.83. The van der Waals surface area contributed by atoms with Crippen LogP contribution in [0.2, 0.25) is 0 Å². The first-order valence-electron chi connectivity index (χ1n) is 10.1. The Morgan fingerprint density at radius 3 is 2.17 bits per heavy atom. The van der Waals surface area contributed by atoms with Crippen LogP contribution in [0.4, 0.5) is 8.63 Å². The van der Waals surface area contributed by atoms with Gasteiger partial charge in [-0.15, -0.1) is 0 Å². The van der Waals surface area contributed by atoms with Crippen molar-refractivity contribution in [2.24, 2.45) is 0 Å². The Morgan fingerprint density at radius 2 is 1.73 bits per heavy atom. The molecule has 0 saturated heterocycles. The number of halogens is 2. The molecule has 164 valence electrons. The van der Waals surface area contributed by atoms with E-state index in [1.165, 1.54) is 0 Å². The minimum atomic E-state index is -2.64. The summed E-state index contributed by atoms with van der Waals surface area (Å²) in [6.07, 6.45) is 4.90. The molecule has 0 atom stereocenters. The minimum absolute atomic E-state index is 0.505. The normalized spacial score (nSPS) is 12.7. The number of benzene rings is 1. The van der Waals surface area contributed by atoms with Gasteiger partial charge in [-0.2, -0.15) is 0 Å². The molecule has 6 heteroatoms. The summed E-state index contributed by atoms with van der Waals surface area (Å²) in [6.45, 7) is 11.6. The predicted octanol–water partition coefficient (Wildman–Crippen LogP) is 6.15. The van der Waals surface area contributed by atoms with Crippen LogP contribution in [0, 0.1) is 19.9 Å². The van der Waals surface area contributed by atoms with Crippen LogP contribution in [-0.4, -0.2) is 23.5 Å². The van der Waals surface area contributed by atoms with E-state index in [9.17, 15) is 8.63 Å². The molecular weight excluding hydrogens is 426 g/mol. The van der Waals surface area contributed by atoms with Gasteiger partial charge in [0.1, 0.15) is 0 Å². The van der Waals surface area contributed by atoms with E-state index in [1.807, 2.05) is 58.9 Å². The van der Waals surface area contributed by atoms with Gasteiger partial charge in [0.25, 0.3) is 0 Å². The van der Waals surface area contributed by atoms with Gasteiger partial charge in [0.2, 0.25) is 0 Å². The van der Waals surface area contributed by atoms with Crippen molar-refractivity contribution in [1.82, 2.24) is 4.48 Å².